The second kappa shape index (κ2) is 3.87. The van der Waals surface area contributed by atoms with Crippen molar-refractivity contribution in [3.8, 4) is 5.88 Å². The molecule has 4 heteroatoms. The molecular weight excluding hydrogens is 220 g/mol. The van der Waals surface area contributed by atoms with Gasteiger partial charge in [-0.05, 0) is 28.4 Å². The largest absolute Gasteiger partial charge is 0.481 e. The highest BCUT2D eigenvalue weighted by molar-refractivity contribution is 9.10. The van der Waals surface area contributed by atoms with Gasteiger partial charge >= 0.3 is 0 Å². The molecule has 0 radical (unpaired) electrons. The Hall–Kier alpha value is -0.610. The van der Waals surface area contributed by atoms with Gasteiger partial charge in [-0.2, -0.15) is 0 Å². The van der Waals surface area contributed by atoms with Gasteiger partial charge in [0.1, 0.15) is 0 Å². The zero-order chi connectivity index (χ0) is 9.14. The monoisotopic (exact) mass is 230 g/mol. The van der Waals surface area contributed by atoms with E-state index in [0.717, 1.165) is 15.7 Å². The van der Waals surface area contributed by atoms with Gasteiger partial charge in [0.2, 0.25) is 5.88 Å². The molecule has 0 atom stereocenters. The molecule has 2 N–H and O–H groups in total. The van der Waals surface area contributed by atoms with E-state index in [4.69, 9.17) is 10.5 Å². The summed E-state index contributed by atoms with van der Waals surface area (Å²) < 4.78 is 5.97. The minimum Gasteiger partial charge on any atom is -0.481 e. The highest BCUT2D eigenvalue weighted by Gasteiger charge is 2.05. The number of methoxy groups -OCH3 is 1. The van der Waals surface area contributed by atoms with E-state index < -0.39 is 0 Å². The van der Waals surface area contributed by atoms with Crippen LogP contribution in [0.25, 0.3) is 0 Å². The van der Waals surface area contributed by atoms with Crippen LogP contribution in [-0.2, 0) is 6.54 Å². The van der Waals surface area contributed by atoms with Crippen LogP contribution in [0.3, 0.4) is 0 Å². The summed E-state index contributed by atoms with van der Waals surface area (Å²) in [6.07, 6.45) is 0. The smallest absolute Gasteiger partial charge is 0.213 e. The van der Waals surface area contributed by atoms with Crippen molar-refractivity contribution in [2.24, 2.45) is 5.73 Å². The molecule has 0 aliphatic carbocycles. The number of aryl methyl sites for hydroxylation is 1. The first-order valence-electron chi connectivity index (χ1n) is 3.59. The molecule has 1 aromatic rings. The third-order valence-corrected chi connectivity index (χ3v) is 2.69. The van der Waals surface area contributed by atoms with Gasteiger partial charge in [-0.25, -0.2) is 4.98 Å². The standard InChI is InChI=1S/C8H11BrN2O/c1-5-8(9)6(4-10)3-7(11-5)12-2/h3H,4,10H2,1-2H3. The molecule has 66 valence electrons. The normalized spacial score (nSPS) is 10.0. The molecule has 1 rings (SSSR count). The lowest BCUT2D eigenvalue weighted by atomic mass is 10.2. The minimum atomic E-state index is 0.486. The Bertz CT molecular complexity index is 289. The molecule has 0 saturated carbocycles. The Balaban J connectivity index is 3.19. The van der Waals surface area contributed by atoms with Gasteiger partial charge in [0.05, 0.1) is 12.8 Å². The molecule has 1 heterocycles. The molecule has 0 aromatic carbocycles. The number of ether oxygens (including phenoxy) is 1. The van der Waals surface area contributed by atoms with Crippen molar-refractivity contribution in [1.82, 2.24) is 4.98 Å². The fourth-order valence-corrected chi connectivity index (χ4v) is 1.31. The fourth-order valence-electron chi connectivity index (χ4n) is 0.945. The summed E-state index contributed by atoms with van der Waals surface area (Å²) in [4.78, 5) is 4.18. The number of nitrogens with zero attached hydrogens (tertiary/aromatic N) is 1. The van der Waals surface area contributed by atoms with E-state index in [-0.39, 0.29) is 0 Å². The molecular formula is C8H11BrN2O. The number of nitrogens with two attached hydrogens (primary N) is 1. The summed E-state index contributed by atoms with van der Waals surface area (Å²) in [6, 6.07) is 1.83. The van der Waals surface area contributed by atoms with Crippen LogP contribution in [0, 0.1) is 6.92 Å². The Labute approximate surface area is 80.1 Å². The van der Waals surface area contributed by atoms with Crippen LogP contribution in [0.15, 0.2) is 10.5 Å². The number of rotatable bonds is 2. The average Bonchev–Trinajstić information content (AvgIpc) is 2.09. The van der Waals surface area contributed by atoms with Gasteiger partial charge in [-0.1, -0.05) is 0 Å². The van der Waals surface area contributed by atoms with Crippen LogP contribution < -0.4 is 10.5 Å². The van der Waals surface area contributed by atoms with E-state index in [2.05, 4.69) is 20.9 Å². The van der Waals surface area contributed by atoms with Crippen LogP contribution in [0.5, 0.6) is 5.88 Å². The number of pyridine rings is 1. The number of hydrogen-bond donors (Lipinski definition) is 1. The first kappa shape index (κ1) is 9.48. The van der Waals surface area contributed by atoms with Crippen molar-refractivity contribution >= 4 is 15.9 Å². The molecule has 0 spiro atoms. The Morgan fingerprint density at radius 3 is 2.83 bits per heavy atom. The van der Waals surface area contributed by atoms with Gasteiger partial charge in [0, 0.05) is 17.1 Å². The quantitative estimate of drug-likeness (QED) is 0.841. The molecule has 0 saturated heterocycles. The van der Waals surface area contributed by atoms with E-state index in [1.54, 1.807) is 7.11 Å². The lowest BCUT2D eigenvalue weighted by Crippen LogP contribution is -2.01. The Morgan fingerprint density at radius 2 is 2.33 bits per heavy atom. The number of halogens is 1. The predicted molar refractivity (Wildman–Crippen MR) is 51.1 cm³/mol. The maximum atomic E-state index is 5.53. The maximum Gasteiger partial charge on any atom is 0.213 e. The molecule has 0 bridgehead atoms. The van der Waals surface area contributed by atoms with Gasteiger partial charge < -0.3 is 10.5 Å². The summed E-state index contributed by atoms with van der Waals surface area (Å²) in [5.74, 6) is 0.608. The average molecular weight is 231 g/mol. The summed E-state index contributed by atoms with van der Waals surface area (Å²) >= 11 is 3.41. The van der Waals surface area contributed by atoms with E-state index in [1.165, 1.54) is 0 Å². The Morgan fingerprint density at radius 1 is 1.67 bits per heavy atom. The van der Waals surface area contributed by atoms with Crippen LogP contribution in [-0.4, -0.2) is 12.1 Å². The molecule has 12 heavy (non-hydrogen) atoms. The van der Waals surface area contributed by atoms with Crippen LogP contribution >= 0.6 is 15.9 Å². The maximum absolute atomic E-state index is 5.53. The first-order valence-corrected chi connectivity index (χ1v) is 4.38. The number of aromatic nitrogens is 1. The zero-order valence-corrected chi connectivity index (χ0v) is 8.68. The van der Waals surface area contributed by atoms with E-state index >= 15 is 0 Å². The Kier molecular flexibility index (Phi) is 3.05. The van der Waals surface area contributed by atoms with Crippen LogP contribution in [0.4, 0.5) is 0 Å². The van der Waals surface area contributed by atoms with E-state index in [1.807, 2.05) is 13.0 Å². The zero-order valence-electron chi connectivity index (χ0n) is 7.10. The molecule has 0 aliphatic heterocycles. The van der Waals surface area contributed by atoms with Gasteiger partial charge in [-0.3, -0.25) is 0 Å². The summed E-state index contributed by atoms with van der Waals surface area (Å²) in [6.45, 7) is 2.39. The highest BCUT2D eigenvalue weighted by atomic mass is 79.9. The van der Waals surface area contributed by atoms with Crippen molar-refractivity contribution < 1.29 is 4.74 Å². The molecule has 1 aromatic heterocycles. The SMILES string of the molecule is COc1cc(CN)c(Br)c(C)n1. The topological polar surface area (TPSA) is 48.1 Å². The lowest BCUT2D eigenvalue weighted by Gasteiger charge is -2.06. The van der Waals surface area contributed by atoms with Crippen molar-refractivity contribution in [2.75, 3.05) is 7.11 Å². The first-order chi connectivity index (χ1) is 5.69. The van der Waals surface area contributed by atoms with Crippen molar-refractivity contribution in [2.45, 2.75) is 13.5 Å². The fraction of sp³-hybridized carbons (Fsp3) is 0.375. The second-order valence-corrected chi connectivity index (χ2v) is 3.22. The van der Waals surface area contributed by atoms with E-state index in [9.17, 15) is 0 Å². The molecule has 3 nitrogen and oxygen atoms in total. The lowest BCUT2D eigenvalue weighted by molar-refractivity contribution is 0.396. The van der Waals surface area contributed by atoms with Gasteiger partial charge in [-0.15, -0.1) is 0 Å². The summed E-state index contributed by atoms with van der Waals surface area (Å²) in [5, 5.41) is 0. The number of hydrogen-bond acceptors (Lipinski definition) is 3. The third-order valence-electron chi connectivity index (χ3n) is 1.60. The van der Waals surface area contributed by atoms with Gasteiger partial charge in [0.15, 0.2) is 0 Å². The molecule has 0 fully saturated rings. The molecule has 0 amide bonds. The van der Waals surface area contributed by atoms with Crippen molar-refractivity contribution in [1.29, 1.82) is 0 Å². The second-order valence-electron chi connectivity index (χ2n) is 2.43. The predicted octanol–water partition coefficient (Wildman–Crippen LogP) is 1.62. The minimum absolute atomic E-state index is 0.486. The summed E-state index contributed by atoms with van der Waals surface area (Å²) in [5.41, 5.74) is 7.44. The van der Waals surface area contributed by atoms with Crippen LogP contribution in [0.2, 0.25) is 0 Å². The third kappa shape index (κ3) is 1.76. The molecule has 0 unspecified atom stereocenters. The highest BCUT2D eigenvalue weighted by Crippen LogP contribution is 2.23. The van der Waals surface area contributed by atoms with Crippen molar-refractivity contribution in [3.63, 3.8) is 0 Å². The molecule has 0 aliphatic rings. The van der Waals surface area contributed by atoms with E-state index in [0.29, 0.717) is 12.4 Å². The van der Waals surface area contributed by atoms with Gasteiger partial charge in [0.25, 0.3) is 0 Å². The summed E-state index contributed by atoms with van der Waals surface area (Å²) in [7, 11) is 1.59. The van der Waals surface area contributed by atoms with Crippen molar-refractivity contribution in [3.05, 3.63) is 21.8 Å². The van der Waals surface area contributed by atoms with Crippen LogP contribution in [0.1, 0.15) is 11.3 Å².